The molecule has 0 spiro atoms. The Kier molecular flexibility index (Phi) is 5.25. The minimum atomic E-state index is 0.342. The highest BCUT2D eigenvalue weighted by Gasteiger charge is 2.27. The molecule has 3 nitrogen and oxygen atoms in total. The molecule has 1 aliphatic carbocycles. The van der Waals surface area contributed by atoms with Crippen molar-refractivity contribution in [1.29, 1.82) is 0 Å². The van der Waals surface area contributed by atoms with Gasteiger partial charge in [0.1, 0.15) is 17.3 Å². The molecule has 0 N–H and O–H groups in total. The summed E-state index contributed by atoms with van der Waals surface area (Å²) < 4.78 is 0. The molecule has 1 aliphatic rings. The molecule has 1 aromatic heterocycles. The molecule has 1 heterocycles. The van der Waals surface area contributed by atoms with Gasteiger partial charge in [0.05, 0.1) is 0 Å². The Morgan fingerprint density at radius 1 is 1.20 bits per heavy atom. The molecule has 0 atom stereocenters. The maximum atomic E-state index is 6.33. The van der Waals surface area contributed by atoms with Gasteiger partial charge in [-0.1, -0.05) is 52.1 Å². The zero-order valence-corrected chi connectivity index (χ0v) is 13.8. The van der Waals surface area contributed by atoms with Crippen molar-refractivity contribution in [2.24, 2.45) is 5.92 Å². The predicted molar refractivity (Wildman–Crippen MR) is 85.6 cm³/mol. The Morgan fingerprint density at radius 3 is 2.40 bits per heavy atom. The smallest absolute Gasteiger partial charge is 0.138 e. The number of hydrogen-bond acceptors (Lipinski definition) is 3. The second-order valence-electron chi connectivity index (χ2n) is 6.54. The molecule has 4 heteroatoms. The van der Waals surface area contributed by atoms with Crippen molar-refractivity contribution in [2.75, 3.05) is 11.4 Å². The van der Waals surface area contributed by atoms with Crippen LogP contribution in [0, 0.1) is 5.92 Å². The summed E-state index contributed by atoms with van der Waals surface area (Å²) in [5, 5.41) is 0.608. The first-order valence-corrected chi connectivity index (χ1v) is 8.15. The van der Waals surface area contributed by atoms with Crippen LogP contribution in [0.2, 0.25) is 5.15 Å². The van der Waals surface area contributed by atoms with Gasteiger partial charge in [-0.2, -0.15) is 0 Å². The van der Waals surface area contributed by atoms with E-state index in [9.17, 15) is 0 Å². The molecule has 1 fully saturated rings. The van der Waals surface area contributed by atoms with E-state index in [1.54, 1.807) is 6.33 Å². The normalized spacial score (nSPS) is 16.4. The van der Waals surface area contributed by atoms with Crippen molar-refractivity contribution in [3.63, 3.8) is 0 Å². The highest BCUT2D eigenvalue weighted by Crippen LogP contribution is 2.35. The minimum Gasteiger partial charge on any atom is -0.353 e. The summed E-state index contributed by atoms with van der Waals surface area (Å²) >= 11 is 6.33. The number of nitrogens with zero attached hydrogens (tertiary/aromatic N) is 3. The van der Waals surface area contributed by atoms with Crippen LogP contribution in [0.5, 0.6) is 0 Å². The van der Waals surface area contributed by atoms with Gasteiger partial charge in [-0.25, -0.2) is 9.97 Å². The summed E-state index contributed by atoms with van der Waals surface area (Å²) in [7, 11) is 0. The van der Waals surface area contributed by atoms with E-state index < -0.39 is 0 Å². The molecule has 0 aliphatic heterocycles. The maximum Gasteiger partial charge on any atom is 0.138 e. The molecular weight excluding hydrogens is 270 g/mol. The van der Waals surface area contributed by atoms with Crippen molar-refractivity contribution in [3.05, 3.63) is 17.0 Å². The van der Waals surface area contributed by atoms with Crippen molar-refractivity contribution < 1.29 is 0 Å². The molecule has 1 aromatic rings. The molecule has 0 aromatic carbocycles. The third kappa shape index (κ3) is 3.43. The third-order valence-electron chi connectivity index (χ3n) is 3.99. The highest BCUT2D eigenvalue weighted by molar-refractivity contribution is 6.30. The largest absolute Gasteiger partial charge is 0.353 e. The van der Waals surface area contributed by atoms with Crippen LogP contribution in [-0.2, 0) is 0 Å². The second-order valence-corrected chi connectivity index (χ2v) is 6.90. The summed E-state index contributed by atoms with van der Waals surface area (Å²) in [4.78, 5) is 11.3. The molecule has 0 bridgehead atoms. The summed E-state index contributed by atoms with van der Waals surface area (Å²) in [6.07, 6.45) is 6.80. The predicted octanol–water partition coefficient (Wildman–Crippen LogP) is 4.66. The van der Waals surface area contributed by atoms with E-state index in [0.29, 0.717) is 23.0 Å². The van der Waals surface area contributed by atoms with Crippen LogP contribution >= 0.6 is 11.6 Å². The lowest BCUT2D eigenvalue weighted by Crippen LogP contribution is -2.37. The molecule has 0 unspecified atom stereocenters. The Labute approximate surface area is 127 Å². The fourth-order valence-electron chi connectivity index (χ4n) is 3.11. The van der Waals surface area contributed by atoms with Crippen molar-refractivity contribution in [3.8, 4) is 0 Å². The first-order valence-electron chi connectivity index (χ1n) is 7.77. The third-order valence-corrected chi connectivity index (χ3v) is 4.29. The van der Waals surface area contributed by atoms with Crippen LogP contribution < -0.4 is 4.90 Å². The molecule has 2 rings (SSSR count). The van der Waals surface area contributed by atoms with Crippen LogP contribution in [-0.4, -0.2) is 22.6 Å². The second kappa shape index (κ2) is 6.75. The van der Waals surface area contributed by atoms with Crippen LogP contribution in [0.4, 0.5) is 5.82 Å². The average Bonchev–Trinajstić information content (AvgIpc) is 2.88. The van der Waals surface area contributed by atoms with Gasteiger partial charge in [0, 0.05) is 18.2 Å². The van der Waals surface area contributed by atoms with Crippen LogP contribution in [0.15, 0.2) is 6.33 Å². The van der Waals surface area contributed by atoms with Gasteiger partial charge in [-0.15, -0.1) is 0 Å². The van der Waals surface area contributed by atoms with Crippen LogP contribution in [0.1, 0.15) is 64.9 Å². The molecule has 0 radical (unpaired) electrons. The van der Waals surface area contributed by atoms with Gasteiger partial charge in [-0.05, 0) is 24.7 Å². The molecular formula is C16H26ClN3. The molecule has 0 amide bonds. The van der Waals surface area contributed by atoms with Gasteiger partial charge in [0.25, 0.3) is 0 Å². The van der Waals surface area contributed by atoms with Gasteiger partial charge >= 0.3 is 0 Å². The number of anilines is 1. The lowest BCUT2D eigenvalue weighted by molar-refractivity contribution is 0.527. The zero-order valence-electron chi connectivity index (χ0n) is 13.1. The van der Waals surface area contributed by atoms with Gasteiger partial charge in [0.2, 0.25) is 0 Å². The Balaban J connectivity index is 2.39. The van der Waals surface area contributed by atoms with Crippen LogP contribution in [0.25, 0.3) is 0 Å². The highest BCUT2D eigenvalue weighted by atomic mass is 35.5. The van der Waals surface area contributed by atoms with E-state index in [1.165, 1.54) is 25.7 Å². The van der Waals surface area contributed by atoms with Crippen molar-refractivity contribution >= 4 is 17.4 Å². The summed E-state index contributed by atoms with van der Waals surface area (Å²) in [6.45, 7) is 9.89. The average molecular weight is 296 g/mol. The lowest BCUT2D eigenvalue weighted by Gasteiger charge is -2.33. The van der Waals surface area contributed by atoms with E-state index >= 15 is 0 Å². The molecule has 112 valence electrons. The topological polar surface area (TPSA) is 29.0 Å². The SMILES string of the molecule is CC(C)CN(c1ncnc(Cl)c1C(C)C)C1CCCC1. The lowest BCUT2D eigenvalue weighted by atomic mass is 10.0. The Bertz CT molecular complexity index is 439. The standard InChI is InChI=1S/C16H26ClN3/c1-11(2)9-20(13-7-5-6-8-13)16-14(12(3)4)15(17)18-10-19-16/h10-13H,5-9H2,1-4H3. The maximum absolute atomic E-state index is 6.33. The van der Waals surface area contributed by atoms with E-state index in [0.717, 1.165) is 17.9 Å². The number of rotatable bonds is 5. The van der Waals surface area contributed by atoms with Gasteiger partial charge in [-0.3, -0.25) is 0 Å². The minimum absolute atomic E-state index is 0.342. The fraction of sp³-hybridized carbons (Fsp3) is 0.750. The quantitative estimate of drug-likeness (QED) is 0.740. The first-order chi connectivity index (χ1) is 9.50. The van der Waals surface area contributed by atoms with Crippen LogP contribution in [0.3, 0.4) is 0 Å². The van der Waals surface area contributed by atoms with E-state index in [-0.39, 0.29) is 0 Å². The number of aromatic nitrogens is 2. The number of hydrogen-bond donors (Lipinski definition) is 0. The summed E-state index contributed by atoms with van der Waals surface area (Å²) in [5.74, 6) is 2.01. The van der Waals surface area contributed by atoms with Crippen molar-refractivity contribution in [1.82, 2.24) is 9.97 Å². The zero-order chi connectivity index (χ0) is 14.7. The van der Waals surface area contributed by atoms with Crippen molar-refractivity contribution in [2.45, 2.75) is 65.3 Å². The first kappa shape index (κ1) is 15.6. The fourth-order valence-corrected chi connectivity index (χ4v) is 3.46. The van der Waals surface area contributed by atoms with E-state index in [2.05, 4.69) is 42.6 Å². The number of halogens is 1. The van der Waals surface area contributed by atoms with Gasteiger partial charge < -0.3 is 4.90 Å². The molecule has 0 saturated heterocycles. The molecule has 1 saturated carbocycles. The summed E-state index contributed by atoms with van der Waals surface area (Å²) in [6, 6.07) is 0.612. The van der Waals surface area contributed by atoms with E-state index in [4.69, 9.17) is 11.6 Å². The monoisotopic (exact) mass is 295 g/mol. The van der Waals surface area contributed by atoms with E-state index in [1.807, 2.05) is 0 Å². The molecule has 20 heavy (non-hydrogen) atoms. The Hall–Kier alpha value is -0.830. The Morgan fingerprint density at radius 2 is 1.85 bits per heavy atom. The van der Waals surface area contributed by atoms with Gasteiger partial charge in [0.15, 0.2) is 0 Å². The summed E-state index contributed by atoms with van der Waals surface area (Å²) in [5.41, 5.74) is 1.10.